The van der Waals surface area contributed by atoms with Crippen molar-refractivity contribution in [1.82, 2.24) is 0 Å². The lowest BCUT2D eigenvalue weighted by atomic mass is 9.83. The van der Waals surface area contributed by atoms with Crippen molar-refractivity contribution in [3.8, 4) is 0 Å². The minimum Gasteiger partial charge on any atom is -0.465 e. The molecule has 0 aliphatic heterocycles. The molecule has 0 rings (SSSR count). The van der Waals surface area contributed by atoms with Gasteiger partial charge in [0.1, 0.15) is 36.1 Å². The summed E-state index contributed by atoms with van der Waals surface area (Å²) in [5.74, 6) is 4.70. The van der Waals surface area contributed by atoms with Crippen LogP contribution in [0.2, 0.25) is 0 Å². The molecule has 0 saturated carbocycles. The van der Waals surface area contributed by atoms with Crippen molar-refractivity contribution in [1.29, 1.82) is 0 Å². The van der Waals surface area contributed by atoms with Gasteiger partial charge in [-0.1, -0.05) is 379 Å². The normalized spacial score (nSPS) is 11.7. The van der Waals surface area contributed by atoms with Crippen LogP contribution in [0.5, 0.6) is 0 Å². The van der Waals surface area contributed by atoms with E-state index >= 15 is 0 Å². The second kappa shape index (κ2) is 105. The van der Waals surface area contributed by atoms with Crippen molar-refractivity contribution < 1.29 is 76.3 Å². The highest BCUT2D eigenvalue weighted by Gasteiger charge is 2.39. The molecule has 914 valence electrons. The average Bonchev–Trinajstić information content (AvgIpc) is 0.579. The molecule has 16 heteroatoms. The lowest BCUT2D eigenvalue weighted by Gasteiger charge is -2.34. The number of esters is 8. The van der Waals surface area contributed by atoms with Crippen molar-refractivity contribution in [2.24, 2.45) is 108 Å². The van der Waals surface area contributed by atoms with E-state index in [2.05, 4.69) is 166 Å². The van der Waals surface area contributed by atoms with E-state index in [1.54, 1.807) is 0 Å². The predicted octanol–water partition coefficient (Wildman–Crippen LogP) is 44.4. The zero-order chi connectivity index (χ0) is 105. The monoisotopic (exact) mass is 2120 g/mol. The predicted molar refractivity (Wildman–Crippen MR) is 668 cm³/mol. The first-order valence-corrected chi connectivity index (χ1v) is 53.3. The fourth-order valence-corrected chi connectivity index (χ4v) is 12.7. The molecule has 0 fully saturated rings. The fraction of sp³-hybridized carbons (Fsp3) is 0.939. The highest BCUT2D eigenvalue weighted by atomic mass is 16.6. The summed E-state index contributed by atoms with van der Waals surface area (Å²) >= 11 is 0. The zero-order valence-electron chi connectivity index (χ0n) is 97.1. The van der Waals surface area contributed by atoms with Crippen molar-refractivity contribution in [3.63, 3.8) is 0 Å². The van der Waals surface area contributed by atoms with Gasteiger partial charge < -0.3 is 37.9 Å². The van der Waals surface area contributed by atoms with Gasteiger partial charge in [-0.15, -0.1) is 0 Å². The van der Waals surface area contributed by atoms with Crippen LogP contribution >= 0.6 is 0 Å². The number of hydrogen-bond donors (Lipinski definition) is 0. The topological polar surface area (TPSA) is 210 Å². The third kappa shape index (κ3) is 103. The standard InChI is InChI=1S/2C17H34O2.2C15H30O2.2C14H28O2.C13H26O2.C10H20O2.16CH4/c1-8-17(6,7)16(18)19-15(11-9-13(2)3)12-10-14(4)5;1-8-13(9-2)15(14(10-3)11-4)19-16(18)17(6,7)12-5;1-8-15(6,7)14(16)17-13(9-11(2)3)10-12(4)5;1-6-9-10-11-12-13(7-2)17-14(16)15(4,5)8-3;1-8-14(6,7)12(15)16-10-11(2)9-13(3,4)5;1-6-9-10-12(7-2)11-16-13(15)14(4,5)8-3;1-8-13(6,7)12(14)15-11(9(2)3)10(4)5;1-7-10(5,6)8(11)12-9(2,3)4;;;;;;;;;;;;;;;;/h2*13-15H,8-12H2,1-7H3;11-13H,8-10H2,1-7H3;13H,6-12H2,1-5H3;11H,8-10H2,1-7H3;12H,6-11H2,1-5H3;9-11H,8H2,1-7H3;7H2,1-6H3;16*1H4. The van der Waals surface area contributed by atoms with Crippen LogP contribution in [0, 0.1) is 108 Å². The Bertz CT molecular complexity index is 2840. The third-order valence-electron chi connectivity index (χ3n) is 26.4. The van der Waals surface area contributed by atoms with E-state index in [1.165, 1.54) is 44.9 Å². The van der Waals surface area contributed by atoms with E-state index in [1.807, 2.05) is 187 Å². The average molecular weight is 2130 g/mol. The Morgan fingerprint density at radius 2 is 0.490 bits per heavy atom. The van der Waals surface area contributed by atoms with Gasteiger partial charge >= 0.3 is 47.8 Å². The van der Waals surface area contributed by atoms with Gasteiger partial charge in [-0.3, -0.25) is 38.4 Å². The van der Waals surface area contributed by atoms with Crippen LogP contribution in [0.25, 0.3) is 0 Å². The highest BCUT2D eigenvalue weighted by molar-refractivity contribution is 5.79. The summed E-state index contributed by atoms with van der Waals surface area (Å²) in [6, 6.07) is 0. The molecule has 0 aromatic rings. The summed E-state index contributed by atoms with van der Waals surface area (Å²) in [5.41, 5.74) is -2.87. The number of carbonyl (C=O) groups excluding carboxylic acids is 8. The van der Waals surface area contributed by atoms with E-state index in [0.717, 1.165) is 141 Å². The summed E-state index contributed by atoms with van der Waals surface area (Å²) in [4.78, 5) is 95.4. The van der Waals surface area contributed by atoms with Crippen molar-refractivity contribution in [2.75, 3.05) is 13.2 Å². The molecular formula is C131H294O16. The number of hydrogen-bond acceptors (Lipinski definition) is 16. The van der Waals surface area contributed by atoms with Crippen LogP contribution in [0.4, 0.5) is 0 Å². The molecule has 0 bridgehead atoms. The molecular weight excluding hydrogens is 1830 g/mol. The van der Waals surface area contributed by atoms with E-state index in [4.69, 9.17) is 37.9 Å². The van der Waals surface area contributed by atoms with E-state index in [0.29, 0.717) is 77.8 Å². The van der Waals surface area contributed by atoms with Crippen LogP contribution in [0.15, 0.2) is 0 Å². The molecule has 147 heavy (non-hydrogen) atoms. The van der Waals surface area contributed by atoms with Crippen LogP contribution in [0.1, 0.15) is 658 Å². The van der Waals surface area contributed by atoms with Gasteiger partial charge in [0.25, 0.3) is 0 Å². The molecule has 0 amide bonds. The molecule has 3 unspecified atom stereocenters. The Balaban J connectivity index is -0.0000000528. The third-order valence-corrected chi connectivity index (χ3v) is 26.4. The van der Waals surface area contributed by atoms with Gasteiger partial charge in [0.15, 0.2) is 0 Å². The quantitative estimate of drug-likeness (QED) is 0.0315. The Hall–Kier alpha value is -4.24. The number of ether oxygens (including phenoxy) is 8. The molecule has 0 saturated heterocycles. The molecule has 0 aliphatic carbocycles. The maximum Gasteiger partial charge on any atom is 0.312 e. The lowest BCUT2D eigenvalue weighted by Crippen LogP contribution is -2.38. The van der Waals surface area contributed by atoms with Crippen LogP contribution < -0.4 is 0 Å². The smallest absolute Gasteiger partial charge is 0.312 e. The largest absolute Gasteiger partial charge is 0.465 e. The van der Waals surface area contributed by atoms with Gasteiger partial charge in [0, 0.05) is 0 Å². The summed E-state index contributed by atoms with van der Waals surface area (Å²) in [7, 11) is 0. The first-order valence-electron chi connectivity index (χ1n) is 53.3. The summed E-state index contributed by atoms with van der Waals surface area (Å²) in [6.45, 7) is 106. The van der Waals surface area contributed by atoms with Crippen molar-refractivity contribution in [2.45, 2.75) is 694 Å². The molecule has 0 heterocycles. The second-order valence-electron chi connectivity index (χ2n) is 47.8. The van der Waals surface area contributed by atoms with Crippen LogP contribution in [0.3, 0.4) is 0 Å². The number of unbranched alkanes of at least 4 members (excludes halogenated alkanes) is 4. The Labute approximate surface area is 934 Å². The molecule has 0 aromatic carbocycles. The van der Waals surface area contributed by atoms with E-state index in [9.17, 15) is 38.4 Å². The number of rotatable bonds is 54. The Kier molecular flexibility index (Phi) is 145. The molecule has 0 spiro atoms. The van der Waals surface area contributed by atoms with Gasteiger partial charge in [-0.2, -0.15) is 0 Å². The SMILES string of the molecule is C.C.C.C.C.C.C.C.C.C.C.C.C.C.C.C.CCC(C)(C)C(=O)OC(C(C)C)C(C)C.CCC(C)(C)C(=O)OC(C)(C)C.CCC(C)(C)C(=O)OC(CC(C)C)CC(C)C.CCC(C)(C)C(=O)OC(CCC(C)C)CCC(C)C.CCC(C)(C)C(=O)OCC(C)CC(C)(C)C.CCC(CC)C(OC(=O)C(C)(C)CC)C(CC)CC.CCCCC(CC)COC(=O)C(C)(C)CC.CCCCCCC(CC)OC(=O)C(C)(C)CC. The molecule has 16 nitrogen and oxygen atoms in total. The maximum atomic E-state index is 12.4. The van der Waals surface area contributed by atoms with Gasteiger partial charge in [-0.25, -0.2) is 0 Å². The number of carbonyl (C=O) groups is 8. The fourth-order valence-electron chi connectivity index (χ4n) is 12.7. The highest BCUT2D eigenvalue weighted by Crippen LogP contribution is 2.35. The van der Waals surface area contributed by atoms with Gasteiger partial charge in [0.2, 0.25) is 0 Å². The lowest BCUT2D eigenvalue weighted by molar-refractivity contribution is -0.167. The summed E-state index contributed by atoms with van der Waals surface area (Å²) in [6.07, 6.45) is 30.2. The second-order valence-corrected chi connectivity index (χ2v) is 47.8. The molecule has 0 radical (unpaired) electrons. The van der Waals surface area contributed by atoms with Crippen LogP contribution in [-0.4, -0.2) is 97.1 Å². The van der Waals surface area contributed by atoms with E-state index in [-0.39, 0.29) is 246 Å². The first-order chi connectivity index (χ1) is 59.7. The van der Waals surface area contributed by atoms with Gasteiger partial charge in [-0.05, 0) is 344 Å². The van der Waals surface area contributed by atoms with Crippen molar-refractivity contribution >= 4 is 47.8 Å². The summed E-state index contributed by atoms with van der Waals surface area (Å²) < 4.78 is 44.6. The first kappa shape index (κ1) is 203. The Morgan fingerprint density at radius 1 is 0.231 bits per heavy atom. The molecule has 3 atom stereocenters. The van der Waals surface area contributed by atoms with Crippen molar-refractivity contribution in [3.05, 3.63) is 0 Å². The van der Waals surface area contributed by atoms with Gasteiger partial charge in [0.05, 0.1) is 56.5 Å². The minimum absolute atomic E-state index is 0. The summed E-state index contributed by atoms with van der Waals surface area (Å²) in [5, 5.41) is 0. The minimum atomic E-state index is -0.372. The Morgan fingerprint density at radius 3 is 0.728 bits per heavy atom. The molecule has 0 aliphatic rings. The van der Waals surface area contributed by atoms with Crippen LogP contribution in [-0.2, 0) is 76.3 Å². The zero-order valence-corrected chi connectivity index (χ0v) is 97.1. The molecule has 0 aromatic heterocycles. The van der Waals surface area contributed by atoms with E-state index < -0.39 is 0 Å². The maximum absolute atomic E-state index is 12.4. The molecule has 0 N–H and O–H groups in total.